The van der Waals surface area contributed by atoms with Gasteiger partial charge in [0.2, 0.25) is 5.91 Å². The first-order valence-electron chi connectivity index (χ1n) is 7.45. The van der Waals surface area contributed by atoms with Crippen molar-refractivity contribution < 1.29 is 4.79 Å². The highest BCUT2D eigenvalue weighted by Crippen LogP contribution is 2.15. The lowest BCUT2D eigenvalue weighted by molar-refractivity contribution is -0.123. The maximum atomic E-state index is 12.1. The van der Waals surface area contributed by atoms with E-state index in [1.807, 2.05) is 37.3 Å². The average molecular weight is 312 g/mol. The van der Waals surface area contributed by atoms with Crippen LogP contribution in [0, 0.1) is 5.92 Å². The van der Waals surface area contributed by atoms with Crippen molar-refractivity contribution in [2.75, 3.05) is 26.2 Å². The summed E-state index contributed by atoms with van der Waals surface area (Å²) in [6.45, 7) is 5.17. The third-order valence-electron chi connectivity index (χ3n) is 3.98. The zero-order valence-electron chi connectivity index (χ0n) is 12.6. The van der Waals surface area contributed by atoms with E-state index in [2.05, 4.69) is 10.2 Å². The summed E-state index contributed by atoms with van der Waals surface area (Å²) in [5.41, 5.74) is 6.86. The summed E-state index contributed by atoms with van der Waals surface area (Å²) in [5, 5.41) is 3.06. The van der Waals surface area contributed by atoms with E-state index in [4.69, 9.17) is 5.73 Å². The topological polar surface area (TPSA) is 58.4 Å². The highest BCUT2D eigenvalue weighted by molar-refractivity contribution is 5.85. The maximum absolute atomic E-state index is 12.1. The van der Waals surface area contributed by atoms with E-state index in [1.165, 1.54) is 6.42 Å². The minimum Gasteiger partial charge on any atom is -0.348 e. The van der Waals surface area contributed by atoms with Gasteiger partial charge in [0.1, 0.15) is 0 Å². The van der Waals surface area contributed by atoms with Crippen molar-refractivity contribution in [2.45, 2.75) is 25.8 Å². The molecule has 5 heteroatoms. The molecule has 118 valence electrons. The number of nitrogens with two attached hydrogens (primary N) is 1. The summed E-state index contributed by atoms with van der Waals surface area (Å²) in [7, 11) is 0. The second-order valence-electron chi connectivity index (χ2n) is 5.68. The van der Waals surface area contributed by atoms with E-state index in [0.717, 1.165) is 31.6 Å². The van der Waals surface area contributed by atoms with Crippen LogP contribution in [-0.4, -0.2) is 37.0 Å². The van der Waals surface area contributed by atoms with Crippen LogP contribution in [0.25, 0.3) is 0 Å². The molecular formula is C16H26ClN3O. The van der Waals surface area contributed by atoms with Gasteiger partial charge >= 0.3 is 0 Å². The zero-order valence-corrected chi connectivity index (χ0v) is 13.4. The Labute approximate surface area is 133 Å². The van der Waals surface area contributed by atoms with Crippen LogP contribution < -0.4 is 11.1 Å². The van der Waals surface area contributed by atoms with Gasteiger partial charge in [-0.05, 0) is 44.3 Å². The van der Waals surface area contributed by atoms with Gasteiger partial charge < -0.3 is 11.1 Å². The molecule has 1 aliphatic heterocycles. The van der Waals surface area contributed by atoms with Gasteiger partial charge in [-0.2, -0.15) is 0 Å². The number of amides is 1. The van der Waals surface area contributed by atoms with Crippen LogP contribution in [0.1, 0.15) is 31.4 Å². The quantitative estimate of drug-likeness (QED) is 0.874. The molecule has 21 heavy (non-hydrogen) atoms. The Hall–Kier alpha value is -1.10. The van der Waals surface area contributed by atoms with Gasteiger partial charge in [-0.1, -0.05) is 30.3 Å². The van der Waals surface area contributed by atoms with E-state index in [-0.39, 0.29) is 24.4 Å². The van der Waals surface area contributed by atoms with Crippen LogP contribution in [0.4, 0.5) is 0 Å². The van der Waals surface area contributed by atoms with Gasteiger partial charge in [-0.15, -0.1) is 12.4 Å². The molecule has 2 atom stereocenters. The third kappa shape index (κ3) is 5.65. The molecule has 3 N–H and O–H groups in total. The fourth-order valence-corrected chi connectivity index (χ4v) is 2.80. The van der Waals surface area contributed by atoms with Gasteiger partial charge in [0.05, 0.1) is 12.6 Å². The second-order valence-corrected chi connectivity index (χ2v) is 5.68. The number of piperidine rings is 1. The Bertz CT molecular complexity index is 427. The second kappa shape index (κ2) is 9.03. The third-order valence-corrected chi connectivity index (χ3v) is 3.98. The minimum atomic E-state index is 0. The van der Waals surface area contributed by atoms with E-state index < -0.39 is 0 Å². The number of benzene rings is 1. The number of likely N-dealkylation sites (tertiary alicyclic amines) is 1. The first-order chi connectivity index (χ1) is 9.69. The molecule has 1 amide bonds. The molecule has 1 saturated heterocycles. The molecule has 1 aromatic carbocycles. The standard InChI is InChI=1S/C16H25N3O.ClH/c1-13(15-7-3-2-4-8-15)18-16(20)12-19-9-5-6-14(10-17)11-19;/h2-4,7-8,13-14H,5-6,9-12,17H2,1H3,(H,18,20);1H. The van der Waals surface area contributed by atoms with Crippen LogP contribution in [-0.2, 0) is 4.79 Å². The smallest absolute Gasteiger partial charge is 0.234 e. The summed E-state index contributed by atoms with van der Waals surface area (Å²) in [6.07, 6.45) is 2.33. The Morgan fingerprint density at radius 1 is 1.43 bits per heavy atom. The zero-order chi connectivity index (χ0) is 14.4. The predicted octanol–water partition coefficient (Wildman–Crippen LogP) is 1.96. The summed E-state index contributed by atoms with van der Waals surface area (Å²) >= 11 is 0. The fourth-order valence-electron chi connectivity index (χ4n) is 2.80. The van der Waals surface area contributed by atoms with Crippen LogP contribution >= 0.6 is 12.4 Å². The largest absolute Gasteiger partial charge is 0.348 e. The van der Waals surface area contributed by atoms with Crippen molar-refractivity contribution in [3.05, 3.63) is 35.9 Å². The van der Waals surface area contributed by atoms with Gasteiger partial charge in [0.25, 0.3) is 0 Å². The molecule has 1 fully saturated rings. The monoisotopic (exact) mass is 311 g/mol. The van der Waals surface area contributed by atoms with Gasteiger partial charge in [-0.3, -0.25) is 9.69 Å². The first kappa shape index (κ1) is 18.0. The van der Waals surface area contributed by atoms with Crippen molar-refractivity contribution in [2.24, 2.45) is 11.7 Å². The Morgan fingerprint density at radius 3 is 2.81 bits per heavy atom. The van der Waals surface area contributed by atoms with E-state index in [9.17, 15) is 4.79 Å². The molecule has 0 aliphatic carbocycles. The lowest BCUT2D eigenvalue weighted by Crippen LogP contribution is -2.44. The number of halogens is 1. The maximum Gasteiger partial charge on any atom is 0.234 e. The fraction of sp³-hybridized carbons (Fsp3) is 0.562. The Morgan fingerprint density at radius 2 is 2.14 bits per heavy atom. The summed E-state index contributed by atoms with van der Waals surface area (Å²) in [4.78, 5) is 14.3. The first-order valence-corrected chi connectivity index (χ1v) is 7.45. The normalized spacial score (nSPS) is 20.4. The van der Waals surface area contributed by atoms with Crippen LogP contribution in [0.2, 0.25) is 0 Å². The van der Waals surface area contributed by atoms with Gasteiger partial charge in [0, 0.05) is 6.54 Å². The summed E-state index contributed by atoms with van der Waals surface area (Å²) < 4.78 is 0. The highest BCUT2D eigenvalue weighted by Gasteiger charge is 2.21. The van der Waals surface area contributed by atoms with Crippen LogP contribution in [0.5, 0.6) is 0 Å². The van der Waals surface area contributed by atoms with Crippen molar-refractivity contribution >= 4 is 18.3 Å². The predicted molar refractivity (Wildman–Crippen MR) is 88.5 cm³/mol. The Balaban J connectivity index is 0.00000220. The molecule has 2 unspecified atom stereocenters. The molecule has 2 rings (SSSR count). The molecule has 0 bridgehead atoms. The van der Waals surface area contributed by atoms with Gasteiger partial charge in [-0.25, -0.2) is 0 Å². The van der Waals surface area contributed by atoms with Gasteiger partial charge in [0.15, 0.2) is 0 Å². The molecule has 0 radical (unpaired) electrons. The molecular weight excluding hydrogens is 286 g/mol. The average Bonchev–Trinajstić information content (AvgIpc) is 2.48. The number of nitrogens with zero attached hydrogens (tertiary/aromatic N) is 1. The lowest BCUT2D eigenvalue weighted by Gasteiger charge is -2.31. The number of hydrogen-bond acceptors (Lipinski definition) is 3. The van der Waals surface area contributed by atoms with E-state index in [1.54, 1.807) is 0 Å². The molecule has 0 spiro atoms. The molecule has 1 aromatic rings. The number of hydrogen-bond donors (Lipinski definition) is 2. The highest BCUT2D eigenvalue weighted by atomic mass is 35.5. The van der Waals surface area contributed by atoms with E-state index in [0.29, 0.717) is 12.5 Å². The molecule has 1 heterocycles. The lowest BCUT2D eigenvalue weighted by atomic mass is 9.98. The summed E-state index contributed by atoms with van der Waals surface area (Å²) in [6, 6.07) is 10.1. The Kier molecular flexibility index (Phi) is 7.72. The number of carbonyl (C=O) groups is 1. The van der Waals surface area contributed by atoms with Crippen molar-refractivity contribution in [3.8, 4) is 0 Å². The molecule has 1 aliphatic rings. The summed E-state index contributed by atoms with van der Waals surface area (Å²) in [5.74, 6) is 0.641. The van der Waals surface area contributed by atoms with Crippen molar-refractivity contribution in [1.82, 2.24) is 10.2 Å². The van der Waals surface area contributed by atoms with Crippen molar-refractivity contribution in [3.63, 3.8) is 0 Å². The number of nitrogens with one attached hydrogen (secondary N) is 1. The van der Waals surface area contributed by atoms with Crippen LogP contribution in [0.15, 0.2) is 30.3 Å². The van der Waals surface area contributed by atoms with E-state index >= 15 is 0 Å². The molecule has 0 aromatic heterocycles. The minimum absolute atomic E-state index is 0. The molecule has 0 saturated carbocycles. The number of rotatable bonds is 5. The SMILES string of the molecule is CC(NC(=O)CN1CCCC(CN)C1)c1ccccc1.Cl. The van der Waals surface area contributed by atoms with Crippen molar-refractivity contribution in [1.29, 1.82) is 0 Å². The van der Waals surface area contributed by atoms with Crippen LogP contribution in [0.3, 0.4) is 0 Å². The molecule has 4 nitrogen and oxygen atoms in total. The number of carbonyl (C=O) groups excluding carboxylic acids is 1.